The van der Waals surface area contributed by atoms with Gasteiger partial charge in [0.25, 0.3) is 0 Å². The van der Waals surface area contributed by atoms with Crippen LogP contribution in [0.5, 0.6) is 5.75 Å². The molecule has 6 heteroatoms. The maximum absolute atomic E-state index is 12.4. The van der Waals surface area contributed by atoms with Gasteiger partial charge in [-0.05, 0) is 23.3 Å². The van der Waals surface area contributed by atoms with Crippen LogP contribution < -0.4 is 10.1 Å². The van der Waals surface area contributed by atoms with Crippen LogP contribution in [0, 0.1) is 5.92 Å². The van der Waals surface area contributed by atoms with Crippen LogP contribution in [0.2, 0.25) is 5.02 Å². The fourth-order valence-corrected chi connectivity index (χ4v) is 6.04. The number of pyridine rings is 1. The van der Waals surface area contributed by atoms with Crippen LogP contribution in [0.15, 0.2) is 71.3 Å². The zero-order valence-corrected chi connectivity index (χ0v) is 17.7. The number of halogens is 2. The first-order chi connectivity index (χ1) is 14.1. The summed E-state index contributed by atoms with van der Waals surface area (Å²) in [5, 5.41) is 16.3. The van der Waals surface area contributed by atoms with Gasteiger partial charge in [0.1, 0.15) is 11.4 Å². The highest BCUT2D eigenvalue weighted by molar-refractivity contribution is 9.10. The van der Waals surface area contributed by atoms with E-state index < -0.39 is 11.2 Å². The van der Waals surface area contributed by atoms with Crippen molar-refractivity contribution in [3.05, 3.63) is 93.2 Å². The molecule has 5 atom stereocenters. The topological polar surface area (TPSA) is 54.4 Å². The maximum atomic E-state index is 12.4. The molecule has 6 rings (SSSR count). The predicted octanol–water partition coefficient (Wildman–Crippen LogP) is 4.36. The van der Waals surface area contributed by atoms with Crippen molar-refractivity contribution in [1.82, 2.24) is 10.3 Å². The Labute approximate surface area is 182 Å². The van der Waals surface area contributed by atoms with Crippen molar-refractivity contribution in [3.63, 3.8) is 0 Å². The van der Waals surface area contributed by atoms with Gasteiger partial charge in [0.15, 0.2) is 11.2 Å². The van der Waals surface area contributed by atoms with Gasteiger partial charge in [-0.25, -0.2) is 0 Å². The Hall–Kier alpha value is -1.92. The van der Waals surface area contributed by atoms with Crippen molar-refractivity contribution < 1.29 is 9.84 Å². The van der Waals surface area contributed by atoms with Gasteiger partial charge in [-0.1, -0.05) is 70.0 Å². The lowest BCUT2D eigenvalue weighted by Gasteiger charge is -2.41. The minimum absolute atomic E-state index is 0.0332. The molecule has 2 fully saturated rings. The highest BCUT2D eigenvalue weighted by atomic mass is 79.9. The first kappa shape index (κ1) is 17.9. The fourth-order valence-electron chi connectivity index (χ4n) is 5.63. The number of fused-ring (bicyclic) bond motifs is 5. The van der Waals surface area contributed by atoms with Crippen LogP contribution in [-0.2, 0) is 11.2 Å². The molecule has 3 aromatic rings. The lowest BCUT2D eigenvalue weighted by atomic mass is 9.72. The molecule has 3 aliphatic rings. The highest BCUT2D eigenvalue weighted by Gasteiger charge is 2.78. The van der Waals surface area contributed by atoms with Crippen molar-refractivity contribution in [2.75, 3.05) is 6.54 Å². The Bertz CT molecular complexity index is 1110. The average molecular weight is 470 g/mol. The lowest BCUT2D eigenvalue weighted by molar-refractivity contribution is -0.121. The Kier molecular flexibility index (Phi) is 3.73. The normalized spacial score (nSPS) is 34.0. The van der Waals surface area contributed by atoms with Crippen LogP contribution in [0.3, 0.4) is 0 Å². The summed E-state index contributed by atoms with van der Waals surface area (Å²) in [7, 11) is 0. The van der Waals surface area contributed by atoms with E-state index in [1.807, 2.05) is 42.5 Å². The quantitative estimate of drug-likeness (QED) is 0.586. The van der Waals surface area contributed by atoms with Gasteiger partial charge in [0.2, 0.25) is 0 Å². The first-order valence-corrected chi connectivity index (χ1v) is 10.8. The van der Waals surface area contributed by atoms with Crippen molar-refractivity contribution in [3.8, 4) is 5.75 Å². The summed E-state index contributed by atoms with van der Waals surface area (Å²) < 4.78 is 7.70. The summed E-state index contributed by atoms with van der Waals surface area (Å²) in [5.74, 6) is 0.752. The molecule has 2 aliphatic heterocycles. The average Bonchev–Trinajstić information content (AvgIpc) is 3.02. The number of rotatable bonds is 2. The van der Waals surface area contributed by atoms with E-state index in [0.29, 0.717) is 16.5 Å². The highest BCUT2D eigenvalue weighted by Crippen LogP contribution is 2.69. The summed E-state index contributed by atoms with van der Waals surface area (Å²) in [6.45, 7) is 0.830. The van der Waals surface area contributed by atoms with Crippen molar-refractivity contribution in [1.29, 1.82) is 0 Å². The van der Waals surface area contributed by atoms with Crippen molar-refractivity contribution in [2.45, 2.75) is 23.2 Å². The number of benzene rings is 2. The molecule has 29 heavy (non-hydrogen) atoms. The van der Waals surface area contributed by atoms with E-state index >= 15 is 0 Å². The van der Waals surface area contributed by atoms with Gasteiger partial charge in [0.05, 0.1) is 11.1 Å². The summed E-state index contributed by atoms with van der Waals surface area (Å²) in [6, 6.07) is 20.0. The lowest BCUT2D eigenvalue weighted by Crippen LogP contribution is -2.61. The Morgan fingerprint density at radius 2 is 1.90 bits per heavy atom. The Morgan fingerprint density at radius 1 is 1.14 bits per heavy atom. The predicted molar refractivity (Wildman–Crippen MR) is 114 cm³/mol. The zero-order chi connectivity index (χ0) is 19.8. The summed E-state index contributed by atoms with van der Waals surface area (Å²) in [4.78, 5) is 4.55. The molecule has 1 aromatic heterocycles. The first-order valence-electron chi connectivity index (χ1n) is 9.67. The zero-order valence-electron chi connectivity index (χ0n) is 15.3. The molecular weight excluding hydrogens is 452 g/mol. The number of aliphatic hydroxyl groups is 1. The number of hydrogen-bond donors (Lipinski definition) is 2. The molecule has 4 nitrogen and oxygen atoms in total. The second-order valence-corrected chi connectivity index (χ2v) is 9.40. The van der Waals surface area contributed by atoms with Crippen LogP contribution >= 0.6 is 27.5 Å². The third-order valence-corrected chi connectivity index (χ3v) is 7.50. The summed E-state index contributed by atoms with van der Waals surface area (Å²) in [5.41, 5.74) is 0.354. The van der Waals surface area contributed by atoms with Crippen LogP contribution in [-0.4, -0.2) is 22.7 Å². The van der Waals surface area contributed by atoms with Gasteiger partial charge in [0, 0.05) is 35.1 Å². The molecule has 1 aliphatic carbocycles. The van der Waals surface area contributed by atoms with E-state index in [2.05, 4.69) is 38.4 Å². The van der Waals surface area contributed by atoms with Gasteiger partial charge < -0.3 is 15.2 Å². The third kappa shape index (κ3) is 2.14. The second kappa shape index (κ2) is 6.05. The van der Waals surface area contributed by atoms with E-state index in [-0.39, 0.29) is 17.9 Å². The molecule has 0 bridgehead atoms. The number of nitrogens with zero attached hydrogens (tertiary/aromatic N) is 1. The van der Waals surface area contributed by atoms with Crippen molar-refractivity contribution in [2.24, 2.45) is 5.92 Å². The Balaban J connectivity index is 1.66. The molecular formula is C23H18BrClN2O2. The maximum Gasteiger partial charge on any atom is 0.177 e. The minimum atomic E-state index is -1.30. The molecule has 0 radical (unpaired) electrons. The minimum Gasteiger partial charge on any atom is -0.476 e. The van der Waals surface area contributed by atoms with Crippen molar-refractivity contribution >= 4 is 27.5 Å². The molecule has 146 valence electrons. The number of nitrogens with one attached hydrogen (secondary N) is 1. The van der Waals surface area contributed by atoms with Crippen LogP contribution in [0.4, 0.5) is 0 Å². The number of ether oxygens (including phenoxy) is 1. The molecule has 0 unspecified atom stereocenters. The SMILES string of the molecule is O[C@@]12c3ncc(Cl)cc3O[C@@]1(c1ccc(Br)cc1)[C@H](c1ccccc1)[C@H]1CN[C@H]12. The molecule has 2 aromatic carbocycles. The van der Waals surface area contributed by atoms with E-state index in [1.165, 1.54) is 0 Å². The molecule has 1 saturated heterocycles. The second-order valence-electron chi connectivity index (χ2n) is 8.05. The summed E-state index contributed by atoms with van der Waals surface area (Å²) >= 11 is 9.75. The van der Waals surface area contributed by atoms with Gasteiger partial charge in [-0.3, -0.25) is 4.98 Å². The van der Waals surface area contributed by atoms with E-state index in [1.54, 1.807) is 12.3 Å². The third-order valence-electron chi connectivity index (χ3n) is 6.77. The largest absolute Gasteiger partial charge is 0.476 e. The van der Waals surface area contributed by atoms with E-state index in [4.69, 9.17) is 16.3 Å². The number of aromatic nitrogens is 1. The molecule has 1 saturated carbocycles. The molecule has 0 spiro atoms. The van der Waals surface area contributed by atoms with Gasteiger partial charge >= 0.3 is 0 Å². The molecule has 0 amide bonds. The van der Waals surface area contributed by atoms with Crippen LogP contribution in [0.25, 0.3) is 0 Å². The number of hydrogen-bond acceptors (Lipinski definition) is 4. The van der Waals surface area contributed by atoms with Crippen LogP contribution in [0.1, 0.15) is 22.7 Å². The molecule has 3 heterocycles. The standard InChI is InChI=1S/C23H18BrClN2O2/c24-15-8-6-14(7-9-15)23-19(13-4-2-1-3-5-13)17-12-27-20(17)22(23,28)21-18(29-23)10-16(25)11-26-21/h1-11,17,19-20,27-28H,12H2/t17-,19-,20-,22+,23+/m1/s1. The molecule has 2 N–H and O–H groups in total. The summed E-state index contributed by atoms with van der Waals surface area (Å²) in [6.07, 6.45) is 1.59. The fraction of sp³-hybridized carbons (Fsp3) is 0.261. The smallest absolute Gasteiger partial charge is 0.177 e. The van der Waals surface area contributed by atoms with E-state index in [9.17, 15) is 5.11 Å². The van der Waals surface area contributed by atoms with E-state index in [0.717, 1.165) is 22.1 Å². The van der Waals surface area contributed by atoms with Gasteiger partial charge in [-0.15, -0.1) is 0 Å². The monoisotopic (exact) mass is 468 g/mol. The van der Waals surface area contributed by atoms with Gasteiger partial charge in [-0.2, -0.15) is 0 Å². The Morgan fingerprint density at radius 3 is 2.59 bits per heavy atom.